The molecule has 0 saturated heterocycles. The van der Waals surface area contributed by atoms with Crippen molar-refractivity contribution in [1.29, 1.82) is 0 Å². The Labute approximate surface area is 113 Å². The van der Waals surface area contributed by atoms with Crippen molar-refractivity contribution in [3.63, 3.8) is 0 Å². The lowest BCUT2D eigenvalue weighted by Gasteiger charge is -2.26. The molecule has 2 rings (SSSR count). The molecule has 106 valence electrons. The number of ether oxygens (including phenoxy) is 2. The van der Waals surface area contributed by atoms with E-state index in [0.717, 1.165) is 25.7 Å². The second-order valence-corrected chi connectivity index (χ2v) is 4.78. The maximum atomic E-state index is 5.86. The van der Waals surface area contributed by atoms with Gasteiger partial charge < -0.3 is 20.5 Å². The van der Waals surface area contributed by atoms with Crippen LogP contribution in [-0.4, -0.2) is 42.4 Å². The number of nitrogens with two attached hydrogens (primary N) is 1. The first-order valence-corrected chi connectivity index (χ1v) is 6.75. The van der Waals surface area contributed by atoms with E-state index in [1.165, 1.54) is 0 Å². The molecule has 0 bridgehead atoms. The van der Waals surface area contributed by atoms with Crippen LogP contribution >= 0.6 is 0 Å². The average Bonchev–Trinajstić information content (AvgIpc) is 2.46. The fourth-order valence-corrected chi connectivity index (χ4v) is 2.16. The zero-order valence-electron chi connectivity index (χ0n) is 11.3. The Morgan fingerprint density at radius 1 is 1.26 bits per heavy atom. The van der Waals surface area contributed by atoms with E-state index in [1.54, 1.807) is 19.5 Å². The van der Waals surface area contributed by atoms with Crippen LogP contribution in [0.25, 0.3) is 0 Å². The monoisotopic (exact) mass is 266 g/mol. The number of anilines is 1. The Morgan fingerprint density at radius 3 is 2.58 bits per heavy atom. The van der Waals surface area contributed by atoms with Crippen molar-refractivity contribution in [1.82, 2.24) is 9.97 Å². The van der Waals surface area contributed by atoms with E-state index in [0.29, 0.717) is 37.0 Å². The van der Waals surface area contributed by atoms with Gasteiger partial charge in [0.1, 0.15) is 0 Å². The molecule has 0 atom stereocenters. The van der Waals surface area contributed by atoms with Crippen LogP contribution in [0.15, 0.2) is 12.4 Å². The van der Waals surface area contributed by atoms with Gasteiger partial charge in [-0.15, -0.1) is 0 Å². The molecule has 6 heteroatoms. The van der Waals surface area contributed by atoms with Gasteiger partial charge in [-0.1, -0.05) is 0 Å². The van der Waals surface area contributed by atoms with Crippen LogP contribution in [-0.2, 0) is 4.74 Å². The third-order valence-corrected chi connectivity index (χ3v) is 3.32. The van der Waals surface area contributed by atoms with Gasteiger partial charge in [0.25, 0.3) is 0 Å². The number of methoxy groups -OCH3 is 1. The Morgan fingerprint density at radius 2 is 1.95 bits per heavy atom. The molecule has 1 fully saturated rings. The van der Waals surface area contributed by atoms with Gasteiger partial charge in [0, 0.05) is 12.6 Å². The van der Waals surface area contributed by atoms with Crippen LogP contribution < -0.4 is 15.8 Å². The molecule has 6 nitrogen and oxygen atoms in total. The lowest BCUT2D eigenvalue weighted by Crippen LogP contribution is -2.31. The first kappa shape index (κ1) is 14.0. The summed E-state index contributed by atoms with van der Waals surface area (Å²) in [6.45, 7) is 1.37. The highest BCUT2D eigenvalue weighted by atomic mass is 16.5. The summed E-state index contributed by atoms with van der Waals surface area (Å²) in [5, 5.41) is 3.12. The Bertz CT molecular complexity index is 363. The van der Waals surface area contributed by atoms with Crippen LogP contribution in [0.2, 0.25) is 0 Å². The van der Waals surface area contributed by atoms with E-state index >= 15 is 0 Å². The zero-order chi connectivity index (χ0) is 13.5. The van der Waals surface area contributed by atoms with Crippen LogP contribution in [0.5, 0.6) is 5.75 Å². The summed E-state index contributed by atoms with van der Waals surface area (Å²) in [6, 6.07) is 0.366. The first-order valence-electron chi connectivity index (χ1n) is 6.75. The minimum absolute atomic E-state index is 0.360. The van der Waals surface area contributed by atoms with E-state index in [1.807, 2.05) is 0 Å². The third-order valence-electron chi connectivity index (χ3n) is 3.32. The molecule has 1 saturated carbocycles. The molecule has 19 heavy (non-hydrogen) atoms. The predicted molar refractivity (Wildman–Crippen MR) is 73.3 cm³/mol. The fourth-order valence-electron chi connectivity index (χ4n) is 2.16. The third kappa shape index (κ3) is 4.65. The standard InChI is InChI=1S/C13H22N4O2/c1-18-12-8-16-13(17-9-12)15-6-7-19-11-4-2-10(14)3-5-11/h8-11H,2-7,14H2,1H3,(H,15,16,17). The fraction of sp³-hybridized carbons (Fsp3) is 0.692. The molecule has 0 amide bonds. The summed E-state index contributed by atoms with van der Waals surface area (Å²) in [6.07, 6.45) is 7.91. The van der Waals surface area contributed by atoms with Crippen molar-refractivity contribution < 1.29 is 9.47 Å². The molecule has 0 aliphatic heterocycles. The van der Waals surface area contributed by atoms with E-state index in [9.17, 15) is 0 Å². The van der Waals surface area contributed by atoms with E-state index in [-0.39, 0.29) is 0 Å². The highest BCUT2D eigenvalue weighted by molar-refractivity contribution is 5.26. The summed E-state index contributed by atoms with van der Waals surface area (Å²) >= 11 is 0. The summed E-state index contributed by atoms with van der Waals surface area (Å²) in [7, 11) is 1.59. The van der Waals surface area contributed by atoms with Gasteiger partial charge in [0.2, 0.25) is 5.95 Å². The molecule has 1 aliphatic rings. The van der Waals surface area contributed by atoms with Crippen LogP contribution in [0.3, 0.4) is 0 Å². The second kappa shape index (κ2) is 7.25. The molecule has 1 heterocycles. The lowest BCUT2D eigenvalue weighted by atomic mass is 9.94. The van der Waals surface area contributed by atoms with Gasteiger partial charge in [0.05, 0.1) is 32.2 Å². The summed E-state index contributed by atoms with van der Waals surface area (Å²) in [5.41, 5.74) is 5.86. The van der Waals surface area contributed by atoms with Gasteiger partial charge in [0.15, 0.2) is 5.75 Å². The van der Waals surface area contributed by atoms with Crippen LogP contribution in [0, 0.1) is 0 Å². The number of hydrogen-bond acceptors (Lipinski definition) is 6. The zero-order valence-corrected chi connectivity index (χ0v) is 11.3. The smallest absolute Gasteiger partial charge is 0.222 e. The quantitative estimate of drug-likeness (QED) is 0.752. The maximum absolute atomic E-state index is 5.86. The van der Waals surface area contributed by atoms with Crippen molar-refractivity contribution in [2.75, 3.05) is 25.6 Å². The lowest BCUT2D eigenvalue weighted by molar-refractivity contribution is 0.0312. The molecular formula is C13H22N4O2. The molecule has 1 aromatic heterocycles. The van der Waals surface area contributed by atoms with Crippen molar-refractivity contribution >= 4 is 5.95 Å². The van der Waals surface area contributed by atoms with Gasteiger partial charge in [-0.3, -0.25) is 0 Å². The van der Waals surface area contributed by atoms with Crippen molar-refractivity contribution in [2.24, 2.45) is 5.73 Å². The number of hydrogen-bond donors (Lipinski definition) is 2. The SMILES string of the molecule is COc1cnc(NCCOC2CCC(N)CC2)nc1. The van der Waals surface area contributed by atoms with Gasteiger partial charge in [-0.25, -0.2) is 9.97 Å². The summed E-state index contributed by atoms with van der Waals surface area (Å²) < 4.78 is 10.8. The van der Waals surface area contributed by atoms with E-state index in [2.05, 4.69) is 15.3 Å². The van der Waals surface area contributed by atoms with Crippen molar-refractivity contribution in [2.45, 2.75) is 37.8 Å². The number of nitrogens with one attached hydrogen (secondary N) is 1. The van der Waals surface area contributed by atoms with Crippen LogP contribution in [0.4, 0.5) is 5.95 Å². The normalized spacial score (nSPS) is 23.1. The highest BCUT2D eigenvalue weighted by Crippen LogP contribution is 2.19. The van der Waals surface area contributed by atoms with Crippen molar-refractivity contribution in [3.8, 4) is 5.75 Å². The largest absolute Gasteiger partial charge is 0.494 e. The number of rotatable bonds is 6. The average molecular weight is 266 g/mol. The molecule has 0 radical (unpaired) electrons. The first-order chi connectivity index (χ1) is 9.28. The topological polar surface area (TPSA) is 82.3 Å². The number of nitrogens with zero attached hydrogens (tertiary/aromatic N) is 2. The van der Waals surface area contributed by atoms with Crippen molar-refractivity contribution in [3.05, 3.63) is 12.4 Å². The minimum Gasteiger partial charge on any atom is -0.494 e. The summed E-state index contributed by atoms with van der Waals surface area (Å²) in [4.78, 5) is 8.25. The Hall–Kier alpha value is -1.40. The molecule has 0 unspecified atom stereocenters. The maximum Gasteiger partial charge on any atom is 0.222 e. The molecule has 0 aromatic carbocycles. The second-order valence-electron chi connectivity index (χ2n) is 4.78. The summed E-state index contributed by atoms with van der Waals surface area (Å²) in [5.74, 6) is 1.25. The Balaban J connectivity index is 1.61. The van der Waals surface area contributed by atoms with Gasteiger partial charge in [-0.05, 0) is 25.7 Å². The molecule has 0 spiro atoms. The van der Waals surface area contributed by atoms with Gasteiger partial charge in [-0.2, -0.15) is 0 Å². The van der Waals surface area contributed by atoms with Crippen LogP contribution in [0.1, 0.15) is 25.7 Å². The van der Waals surface area contributed by atoms with Gasteiger partial charge >= 0.3 is 0 Å². The highest BCUT2D eigenvalue weighted by Gasteiger charge is 2.18. The predicted octanol–water partition coefficient (Wildman–Crippen LogP) is 1.18. The molecule has 1 aliphatic carbocycles. The minimum atomic E-state index is 0.360. The Kier molecular flexibility index (Phi) is 5.35. The molecular weight excluding hydrogens is 244 g/mol. The molecule has 1 aromatic rings. The van der Waals surface area contributed by atoms with E-state index in [4.69, 9.17) is 15.2 Å². The van der Waals surface area contributed by atoms with E-state index < -0.39 is 0 Å². The molecule has 3 N–H and O–H groups in total. The number of aromatic nitrogens is 2.